The Balaban J connectivity index is 1.58. The molecule has 23 heavy (non-hydrogen) atoms. The van der Waals surface area contributed by atoms with Gasteiger partial charge in [0.15, 0.2) is 0 Å². The number of fused-ring (bicyclic) bond motifs is 1. The molecule has 0 aromatic heterocycles. The summed E-state index contributed by atoms with van der Waals surface area (Å²) in [5.41, 5.74) is -0.351. The van der Waals surface area contributed by atoms with Crippen molar-refractivity contribution < 1.29 is 14.4 Å². The maximum absolute atomic E-state index is 11.9. The van der Waals surface area contributed by atoms with Crippen LogP contribution in [-0.4, -0.2) is 40.7 Å². The summed E-state index contributed by atoms with van der Waals surface area (Å²) < 4.78 is 0. The molecule has 0 saturated carbocycles. The first kappa shape index (κ1) is 18.3. The standard InChI is InChI=1S/C17H28N2O3S/c1-17(2,3)14(21)9-8-11(20)6-4-5-7-13-15-12(10-23-13)18-16(22)19-15/h12-13,15H,4-10H2,1-3H3,(H2,18,19,22)/t12-,13-,15-/m0/s1. The molecular formula is C17H28N2O3S. The van der Waals surface area contributed by atoms with Gasteiger partial charge in [0.25, 0.3) is 0 Å². The summed E-state index contributed by atoms with van der Waals surface area (Å²) in [7, 11) is 0. The van der Waals surface area contributed by atoms with Gasteiger partial charge in [-0.25, -0.2) is 4.79 Å². The molecule has 2 heterocycles. The van der Waals surface area contributed by atoms with Crippen molar-refractivity contribution in [3.63, 3.8) is 0 Å². The minimum absolute atomic E-state index is 0.0519. The van der Waals surface area contributed by atoms with Crippen LogP contribution in [0.3, 0.4) is 0 Å². The molecule has 2 N–H and O–H groups in total. The second kappa shape index (κ2) is 7.69. The van der Waals surface area contributed by atoms with E-state index in [9.17, 15) is 14.4 Å². The summed E-state index contributed by atoms with van der Waals surface area (Å²) in [4.78, 5) is 35.0. The molecule has 2 aliphatic heterocycles. The molecule has 0 unspecified atom stereocenters. The van der Waals surface area contributed by atoms with Crippen LogP contribution in [0.4, 0.5) is 4.79 Å². The highest BCUT2D eigenvalue weighted by Crippen LogP contribution is 2.33. The molecule has 130 valence electrons. The summed E-state index contributed by atoms with van der Waals surface area (Å²) in [6.45, 7) is 5.68. The molecule has 0 aromatic carbocycles. The zero-order valence-corrected chi connectivity index (χ0v) is 15.1. The second-order valence-corrected chi connectivity index (χ2v) is 8.85. The monoisotopic (exact) mass is 340 g/mol. The van der Waals surface area contributed by atoms with Gasteiger partial charge in [-0.1, -0.05) is 27.2 Å². The van der Waals surface area contributed by atoms with Gasteiger partial charge < -0.3 is 10.6 Å². The fourth-order valence-corrected chi connectivity index (χ4v) is 4.61. The number of rotatable bonds is 8. The van der Waals surface area contributed by atoms with E-state index in [1.165, 1.54) is 0 Å². The molecule has 2 aliphatic rings. The van der Waals surface area contributed by atoms with E-state index in [2.05, 4.69) is 10.6 Å². The van der Waals surface area contributed by atoms with Gasteiger partial charge in [0.2, 0.25) is 0 Å². The van der Waals surface area contributed by atoms with Gasteiger partial charge in [0.05, 0.1) is 12.1 Å². The largest absolute Gasteiger partial charge is 0.332 e. The van der Waals surface area contributed by atoms with E-state index in [1.807, 2.05) is 32.5 Å². The predicted octanol–water partition coefficient (Wildman–Crippen LogP) is 2.68. The SMILES string of the molecule is CC(C)(C)C(=O)CCC(=O)CCCC[C@@H]1SC[C@@H]2NC(=O)N[C@@H]21. The fourth-order valence-electron chi connectivity index (χ4n) is 3.06. The third-order valence-corrected chi connectivity index (χ3v) is 6.11. The highest BCUT2D eigenvalue weighted by atomic mass is 32.2. The number of nitrogens with one attached hydrogen (secondary N) is 2. The molecule has 0 aliphatic carbocycles. The van der Waals surface area contributed by atoms with Crippen LogP contribution >= 0.6 is 11.8 Å². The zero-order valence-electron chi connectivity index (χ0n) is 14.3. The topological polar surface area (TPSA) is 75.3 Å². The molecule has 2 rings (SSSR count). The van der Waals surface area contributed by atoms with Crippen molar-refractivity contribution in [2.24, 2.45) is 5.41 Å². The first-order valence-electron chi connectivity index (χ1n) is 8.51. The van der Waals surface area contributed by atoms with E-state index in [4.69, 9.17) is 0 Å². The molecule has 2 amide bonds. The van der Waals surface area contributed by atoms with Crippen molar-refractivity contribution >= 4 is 29.4 Å². The number of unbranched alkanes of at least 4 members (excludes halogenated alkanes) is 1. The highest BCUT2D eigenvalue weighted by molar-refractivity contribution is 8.00. The molecule has 2 fully saturated rings. The Morgan fingerprint density at radius 3 is 2.57 bits per heavy atom. The molecule has 0 radical (unpaired) electrons. The van der Waals surface area contributed by atoms with E-state index in [1.54, 1.807) is 0 Å². The summed E-state index contributed by atoms with van der Waals surface area (Å²) in [5.74, 6) is 1.32. The van der Waals surface area contributed by atoms with E-state index in [-0.39, 0.29) is 35.1 Å². The lowest BCUT2D eigenvalue weighted by Crippen LogP contribution is -2.36. The Hall–Kier alpha value is -1.04. The van der Waals surface area contributed by atoms with Crippen molar-refractivity contribution in [3.05, 3.63) is 0 Å². The van der Waals surface area contributed by atoms with Crippen LogP contribution in [0.1, 0.15) is 59.3 Å². The van der Waals surface area contributed by atoms with Crippen LogP contribution in [0.25, 0.3) is 0 Å². The van der Waals surface area contributed by atoms with Gasteiger partial charge in [0.1, 0.15) is 11.6 Å². The lowest BCUT2D eigenvalue weighted by atomic mass is 9.87. The van der Waals surface area contributed by atoms with E-state index in [0.717, 1.165) is 25.0 Å². The van der Waals surface area contributed by atoms with Crippen molar-refractivity contribution in [1.82, 2.24) is 10.6 Å². The number of amides is 2. The van der Waals surface area contributed by atoms with E-state index < -0.39 is 0 Å². The zero-order chi connectivity index (χ0) is 17.0. The van der Waals surface area contributed by atoms with E-state index >= 15 is 0 Å². The van der Waals surface area contributed by atoms with Gasteiger partial charge in [-0.2, -0.15) is 11.8 Å². The van der Waals surface area contributed by atoms with Crippen LogP contribution in [0.2, 0.25) is 0 Å². The van der Waals surface area contributed by atoms with Gasteiger partial charge in [-0.3, -0.25) is 9.59 Å². The molecule has 2 saturated heterocycles. The maximum Gasteiger partial charge on any atom is 0.315 e. The Kier molecular flexibility index (Phi) is 6.12. The minimum Gasteiger partial charge on any atom is -0.332 e. The number of Topliss-reactive ketones (excluding diaryl/α,β-unsaturated/α-hetero) is 2. The molecule has 5 nitrogen and oxygen atoms in total. The quantitative estimate of drug-likeness (QED) is 0.526. The molecule has 0 bridgehead atoms. The number of urea groups is 1. The van der Waals surface area contributed by atoms with Crippen molar-refractivity contribution in [2.45, 2.75) is 76.6 Å². The third kappa shape index (κ3) is 5.23. The van der Waals surface area contributed by atoms with Crippen molar-refractivity contribution in [2.75, 3.05) is 5.75 Å². The average molecular weight is 340 g/mol. The Bertz CT molecular complexity index is 473. The second-order valence-electron chi connectivity index (χ2n) is 7.58. The van der Waals surface area contributed by atoms with Gasteiger partial charge in [-0.05, 0) is 12.8 Å². The third-order valence-electron chi connectivity index (χ3n) is 4.60. The Morgan fingerprint density at radius 1 is 1.13 bits per heavy atom. The van der Waals surface area contributed by atoms with Crippen LogP contribution in [0.5, 0.6) is 0 Å². The van der Waals surface area contributed by atoms with E-state index in [0.29, 0.717) is 24.5 Å². The van der Waals surface area contributed by atoms with Crippen LogP contribution in [0, 0.1) is 5.41 Å². The maximum atomic E-state index is 11.9. The molecule has 6 heteroatoms. The number of hydrogen-bond acceptors (Lipinski definition) is 4. The van der Waals surface area contributed by atoms with Gasteiger partial charge in [0, 0.05) is 35.7 Å². The smallest absolute Gasteiger partial charge is 0.315 e. The fraction of sp³-hybridized carbons (Fsp3) is 0.824. The van der Waals surface area contributed by atoms with Crippen LogP contribution < -0.4 is 10.6 Å². The van der Waals surface area contributed by atoms with Gasteiger partial charge >= 0.3 is 6.03 Å². The number of carbonyl (C=O) groups is 3. The van der Waals surface area contributed by atoms with Crippen molar-refractivity contribution in [1.29, 1.82) is 0 Å². The molecule has 0 spiro atoms. The lowest BCUT2D eigenvalue weighted by molar-refractivity contribution is -0.129. The number of carbonyl (C=O) groups excluding carboxylic acids is 3. The lowest BCUT2D eigenvalue weighted by Gasteiger charge is -2.16. The van der Waals surface area contributed by atoms with Gasteiger partial charge in [-0.15, -0.1) is 0 Å². The summed E-state index contributed by atoms with van der Waals surface area (Å²) in [6, 6.07) is 0.458. The molecular weight excluding hydrogens is 312 g/mol. The number of thioether (sulfide) groups is 1. The normalized spacial score (nSPS) is 26.6. The number of ketones is 2. The Morgan fingerprint density at radius 2 is 1.87 bits per heavy atom. The summed E-state index contributed by atoms with van der Waals surface area (Å²) in [6.07, 6.45) is 4.20. The summed E-state index contributed by atoms with van der Waals surface area (Å²) in [5, 5.41) is 6.38. The predicted molar refractivity (Wildman–Crippen MR) is 92.7 cm³/mol. The number of hydrogen-bond donors (Lipinski definition) is 2. The summed E-state index contributed by atoms with van der Waals surface area (Å²) >= 11 is 1.91. The van der Waals surface area contributed by atoms with Crippen LogP contribution in [-0.2, 0) is 9.59 Å². The Labute approximate surface area is 142 Å². The molecule has 3 atom stereocenters. The first-order valence-corrected chi connectivity index (χ1v) is 9.56. The van der Waals surface area contributed by atoms with Crippen LogP contribution in [0.15, 0.2) is 0 Å². The highest BCUT2D eigenvalue weighted by Gasteiger charge is 2.42. The van der Waals surface area contributed by atoms with Crippen molar-refractivity contribution in [3.8, 4) is 0 Å². The minimum atomic E-state index is -0.351. The molecule has 0 aromatic rings. The first-order chi connectivity index (χ1) is 10.8. The average Bonchev–Trinajstić information content (AvgIpc) is 2.99.